The number of hydrogen-bond acceptors (Lipinski definition) is 3. The lowest BCUT2D eigenvalue weighted by molar-refractivity contribution is 0.427. The summed E-state index contributed by atoms with van der Waals surface area (Å²) in [5.41, 5.74) is 0. The highest BCUT2D eigenvalue weighted by atomic mass is 15.3. The van der Waals surface area contributed by atoms with Crippen molar-refractivity contribution in [3.8, 4) is 0 Å². The van der Waals surface area contributed by atoms with Gasteiger partial charge in [-0.15, -0.1) is 0 Å². The summed E-state index contributed by atoms with van der Waals surface area (Å²) in [6, 6.07) is 0.595. The molecule has 1 N–H and O–H groups in total. The molecule has 0 spiro atoms. The number of rotatable bonds is 5. The first-order chi connectivity index (χ1) is 8.72. The van der Waals surface area contributed by atoms with E-state index in [2.05, 4.69) is 39.8 Å². The lowest BCUT2D eigenvalue weighted by atomic mass is 10.0. The van der Waals surface area contributed by atoms with Gasteiger partial charge >= 0.3 is 0 Å². The molecule has 1 saturated heterocycles. The summed E-state index contributed by atoms with van der Waals surface area (Å²) in [7, 11) is 2.04. The van der Waals surface area contributed by atoms with Gasteiger partial charge in [-0.05, 0) is 32.2 Å². The molecule has 2 heterocycles. The topological polar surface area (TPSA) is 33.1 Å². The van der Waals surface area contributed by atoms with E-state index < -0.39 is 0 Å². The van der Waals surface area contributed by atoms with Crippen molar-refractivity contribution in [1.29, 1.82) is 0 Å². The Labute approximate surface area is 110 Å². The molecule has 4 heteroatoms. The highest BCUT2D eigenvalue weighted by Gasteiger charge is 2.25. The third-order valence-corrected chi connectivity index (χ3v) is 3.58. The lowest BCUT2D eigenvalue weighted by Gasteiger charge is -2.36. The van der Waals surface area contributed by atoms with Crippen molar-refractivity contribution < 1.29 is 0 Å². The summed E-state index contributed by atoms with van der Waals surface area (Å²) in [4.78, 5) is 7.07. The lowest BCUT2D eigenvalue weighted by Crippen LogP contribution is -2.46. The van der Waals surface area contributed by atoms with Gasteiger partial charge in [0.25, 0.3) is 0 Å². The summed E-state index contributed by atoms with van der Waals surface area (Å²) in [6.07, 6.45) is 7.95. The highest BCUT2D eigenvalue weighted by molar-refractivity contribution is 5.34. The molecule has 0 saturated carbocycles. The molecule has 1 unspecified atom stereocenters. The van der Waals surface area contributed by atoms with Gasteiger partial charge in [0.05, 0.1) is 0 Å². The molecule has 0 aliphatic carbocycles. The van der Waals surface area contributed by atoms with Gasteiger partial charge in [0.15, 0.2) is 0 Å². The highest BCUT2D eigenvalue weighted by Crippen LogP contribution is 2.23. The van der Waals surface area contributed by atoms with E-state index in [1.54, 1.807) is 0 Å². The van der Waals surface area contributed by atoms with Crippen LogP contribution in [0.1, 0.15) is 33.1 Å². The molecule has 0 amide bonds. The predicted molar refractivity (Wildman–Crippen MR) is 76.0 cm³/mol. The van der Waals surface area contributed by atoms with Crippen LogP contribution in [-0.4, -0.2) is 35.7 Å². The van der Waals surface area contributed by atoms with Crippen LogP contribution in [0, 0.1) is 5.92 Å². The maximum atomic E-state index is 4.59. The normalized spacial score (nSPS) is 20.7. The first-order valence-electron chi connectivity index (χ1n) is 7.14. The van der Waals surface area contributed by atoms with Crippen molar-refractivity contribution in [2.45, 2.75) is 45.7 Å². The van der Waals surface area contributed by atoms with E-state index in [0.29, 0.717) is 12.0 Å². The number of nitrogens with one attached hydrogen (secondary N) is 1. The Morgan fingerprint density at radius 3 is 3.00 bits per heavy atom. The summed E-state index contributed by atoms with van der Waals surface area (Å²) >= 11 is 0. The van der Waals surface area contributed by atoms with Gasteiger partial charge in [-0.2, -0.15) is 0 Å². The van der Waals surface area contributed by atoms with Crippen molar-refractivity contribution >= 4 is 5.95 Å². The largest absolute Gasteiger partial charge is 0.338 e. The van der Waals surface area contributed by atoms with Crippen LogP contribution in [-0.2, 0) is 6.54 Å². The second-order valence-corrected chi connectivity index (χ2v) is 5.67. The first kappa shape index (κ1) is 13.4. The molecule has 18 heavy (non-hydrogen) atoms. The number of nitrogens with zero attached hydrogens (tertiary/aromatic N) is 3. The van der Waals surface area contributed by atoms with Gasteiger partial charge in [-0.25, -0.2) is 4.98 Å². The molecular formula is C14H26N4. The fourth-order valence-corrected chi connectivity index (χ4v) is 2.81. The Hall–Kier alpha value is -1.03. The SMILES string of the molecule is CNCC1CCCCN1c1nccn1CC(C)C. The maximum absolute atomic E-state index is 4.59. The maximum Gasteiger partial charge on any atom is 0.205 e. The van der Waals surface area contributed by atoms with Gasteiger partial charge in [0.2, 0.25) is 5.95 Å². The molecule has 2 rings (SSSR count). The molecule has 1 aliphatic rings. The molecule has 102 valence electrons. The van der Waals surface area contributed by atoms with Crippen LogP contribution < -0.4 is 10.2 Å². The average Bonchev–Trinajstić information content (AvgIpc) is 2.77. The van der Waals surface area contributed by atoms with E-state index in [0.717, 1.165) is 25.6 Å². The van der Waals surface area contributed by atoms with Crippen LogP contribution in [0.15, 0.2) is 12.4 Å². The number of aromatic nitrogens is 2. The molecule has 1 aromatic heterocycles. The Balaban J connectivity index is 2.14. The summed E-state index contributed by atoms with van der Waals surface area (Å²) in [6.45, 7) is 7.75. The Bertz CT molecular complexity index is 356. The van der Waals surface area contributed by atoms with Crippen LogP contribution in [0.2, 0.25) is 0 Å². The van der Waals surface area contributed by atoms with Crippen molar-refractivity contribution in [2.24, 2.45) is 5.92 Å². The Morgan fingerprint density at radius 2 is 2.28 bits per heavy atom. The van der Waals surface area contributed by atoms with Crippen LogP contribution in [0.4, 0.5) is 5.95 Å². The molecule has 1 fully saturated rings. The fraction of sp³-hybridized carbons (Fsp3) is 0.786. The van der Waals surface area contributed by atoms with E-state index >= 15 is 0 Å². The number of hydrogen-bond donors (Lipinski definition) is 1. The Kier molecular flexibility index (Phi) is 4.64. The number of likely N-dealkylation sites (N-methyl/N-ethyl adjacent to an activating group) is 1. The van der Waals surface area contributed by atoms with Crippen molar-refractivity contribution in [3.05, 3.63) is 12.4 Å². The molecule has 0 aromatic carbocycles. The third kappa shape index (κ3) is 3.05. The zero-order valence-corrected chi connectivity index (χ0v) is 11.9. The minimum atomic E-state index is 0.595. The second kappa shape index (κ2) is 6.23. The van der Waals surface area contributed by atoms with Crippen molar-refractivity contribution in [3.63, 3.8) is 0 Å². The Morgan fingerprint density at radius 1 is 1.44 bits per heavy atom. The van der Waals surface area contributed by atoms with Crippen LogP contribution >= 0.6 is 0 Å². The zero-order chi connectivity index (χ0) is 13.0. The zero-order valence-electron chi connectivity index (χ0n) is 11.9. The minimum absolute atomic E-state index is 0.595. The van der Waals surface area contributed by atoms with Crippen LogP contribution in [0.25, 0.3) is 0 Å². The van der Waals surface area contributed by atoms with E-state index in [9.17, 15) is 0 Å². The molecule has 1 aromatic rings. The number of piperidine rings is 1. The van der Waals surface area contributed by atoms with Gasteiger partial charge in [-0.3, -0.25) is 0 Å². The van der Waals surface area contributed by atoms with Gasteiger partial charge in [0.1, 0.15) is 0 Å². The molecule has 0 bridgehead atoms. The first-order valence-corrected chi connectivity index (χ1v) is 7.14. The summed E-state index contributed by atoms with van der Waals surface area (Å²) in [5.74, 6) is 1.81. The molecule has 1 atom stereocenters. The fourth-order valence-electron chi connectivity index (χ4n) is 2.81. The standard InChI is InChI=1S/C14H26N4/c1-12(2)11-17-9-7-16-14(17)18-8-5-4-6-13(18)10-15-3/h7,9,12-13,15H,4-6,8,10-11H2,1-3H3. The van der Waals surface area contributed by atoms with Gasteiger partial charge in [-0.1, -0.05) is 13.8 Å². The summed E-state index contributed by atoms with van der Waals surface area (Å²) < 4.78 is 2.30. The van der Waals surface area contributed by atoms with Crippen molar-refractivity contribution in [2.75, 3.05) is 25.0 Å². The quantitative estimate of drug-likeness (QED) is 0.869. The van der Waals surface area contributed by atoms with Crippen LogP contribution in [0.3, 0.4) is 0 Å². The van der Waals surface area contributed by atoms with E-state index in [4.69, 9.17) is 0 Å². The van der Waals surface area contributed by atoms with Gasteiger partial charge in [0, 0.05) is 38.1 Å². The van der Waals surface area contributed by atoms with E-state index in [1.165, 1.54) is 19.3 Å². The van der Waals surface area contributed by atoms with Gasteiger partial charge < -0.3 is 14.8 Å². The monoisotopic (exact) mass is 250 g/mol. The average molecular weight is 250 g/mol. The van der Waals surface area contributed by atoms with Crippen molar-refractivity contribution in [1.82, 2.24) is 14.9 Å². The molecular weight excluding hydrogens is 224 g/mol. The number of imidazole rings is 1. The minimum Gasteiger partial charge on any atom is -0.338 e. The summed E-state index contributed by atoms with van der Waals surface area (Å²) in [5, 5.41) is 3.31. The second-order valence-electron chi connectivity index (χ2n) is 5.67. The number of anilines is 1. The molecule has 1 aliphatic heterocycles. The van der Waals surface area contributed by atoms with Crippen LogP contribution in [0.5, 0.6) is 0 Å². The third-order valence-electron chi connectivity index (χ3n) is 3.58. The smallest absolute Gasteiger partial charge is 0.205 e. The predicted octanol–water partition coefficient (Wildman–Crippen LogP) is 2.12. The molecule has 0 radical (unpaired) electrons. The molecule has 4 nitrogen and oxygen atoms in total. The van der Waals surface area contributed by atoms with E-state index in [1.807, 2.05) is 13.2 Å². The van der Waals surface area contributed by atoms with E-state index in [-0.39, 0.29) is 0 Å².